The zero-order chi connectivity index (χ0) is 11.9. The van der Waals surface area contributed by atoms with Crippen LogP contribution in [0.1, 0.15) is 11.1 Å². The van der Waals surface area contributed by atoms with Crippen LogP contribution in [0.25, 0.3) is 0 Å². The zero-order valence-electron chi connectivity index (χ0n) is 8.67. The molecule has 0 radical (unpaired) electrons. The van der Waals surface area contributed by atoms with Gasteiger partial charge in [0.1, 0.15) is 0 Å². The summed E-state index contributed by atoms with van der Waals surface area (Å²) in [5.41, 5.74) is 1.64. The van der Waals surface area contributed by atoms with Gasteiger partial charge in [-0.15, -0.1) is 0 Å². The Balaban J connectivity index is 2.39. The maximum atomic E-state index is 11.3. The number of carbonyl (C=O) groups is 1. The van der Waals surface area contributed by atoms with Crippen LogP contribution in [0, 0.1) is 0 Å². The number of hydrogen-bond acceptors (Lipinski definition) is 3. The molecule has 1 aromatic carbocycles. The molecule has 0 bridgehead atoms. The molecule has 1 aliphatic heterocycles. The first-order chi connectivity index (χ1) is 7.38. The fraction of sp³-hybridized carbons (Fsp3) is 0.300. The fourth-order valence-electron chi connectivity index (χ4n) is 1.74. The first-order valence-electron chi connectivity index (χ1n) is 4.67. The third-order valence-electron chi connectivity index (χ3n) is 2.60. The molecule has 1 amide bonds. The summed E-state index contributed by atoms with van der Waals surface area (Å²) in [6, 6.07) is 4.74. The molecule has 0 spiro atoms. The Morgan fingerprint density at radius 1 is 1.31 bits per heavy atom. The average Bonchev–Trinajstić information content (AvgIpc) is 2.58. The normalized spacial score (nSPS) is 14.9. The van der Waals surface area contributed by atoms with E-state index in [1.165, 1.54) is 11.0 Å². The number of carboxylic acid groups (broad SMARTS) is 1. The largest absolute Gasteiger partial charge is 0.465 e. The third-order valence-corrected chi connectivity index (χ3v) is 3.71. The van der Waals surface area contributed by atoms with E-state index in [1.54, 1.807) is 12.1 Å². The summed E-state index contributed by atoms with van der Waals surface area (Å²) in [5, 5.41) is 8.82. The van der Waals surface area contributed by atoms with Gasteiger partial charge in [0.25, 0.3) is 0 Å². The van der Waals surface area contributed by atoms with Gasteiger partial charge < -0.3 is 5.11 Å². The van der Waals surface area contributed by atoms with E-state index < -0.39 is 15.9 Å². The number of fused-ring (bicyclic) bond motifs is 1. The second-order valence-corrected chi connectivity index (χ2v) is 5.86. The Labute approximate surface area is 93.2 Å². The van der Waals surface area contributed by atoms with Crippen LogP contribution in [-0.2, 0) is 22.9 Å². The minimum atomic E-state index is -3.23. The highest BCUT2D eigenvalue weighted by Crippen LogP contribution is 2.25. The Kier molecular flexibility index (Phi) is 2.38. The van der Waals surface area contributed by atoms with Gasteiger partial charge in [-0.1, -0.05) is 6.07 Å². The molecule has 1 aromatic rings. The molecule has 86 valence electrons. The van der Waals surface area contributed by atoms with Gasteiger partial charge in [-0.05, 0) is 23.3 Å². The van der Waals surface area contributed by atoms with Crippen molar-refractivity contribution in [2.75, 3.05) is 6.26 Å². The van der Waals surface area contributed by atoms with Crippen LogP contribution >= 0.6 is 0 Å². The van der Waals surface area contributed by atoms with Crippen LogP contribution in [0.2, 0.25) is 0 Å². The van der Waals surface area contributed by atoms with Crippen LogP contribution in [0.4, 0.5) is 4.79 Å². The zero-order valence-corrected chi connectivity index (χ0v) is 9.49. The number of nitrogens with zero attached hydrogens (tertiary/aromatic N) is 1. The number of amides is 1. The molecule has 0 saturated heterocycles. The smallest absolute Gasteiger partial charge is 0.407 e. The van der Waals surface area contributed by atoms with E-state index in [0.717, 1.165) is 17.4 Å². The second-order valence-electron chi connectivity index (χ2n) is 3.84. The lowest BCUT2D eigenvalue weighted by Gasteiger charge is -2.08. The number of rotatable bonds is 1. The summed E-state index contributed by atoms with van der Waals surface area (Å²) in [4.78, 5) is 12.2. The van der Waals surface area contributed by atoms with Crippen molar-refractivity contribution in [3.63, 3.8) is 0 Å². The SMILES string of the molecule is CS(=O)(=O)c1ccc2c(c1)CN(C(=O)O)C2. The van der Waals surface area contributed by atoms with Crippen molar-refractivity contribution in [1.82, 2.24) is 4.90 Å². The van der Waals surface area contributed by atoms with E-state index in [2.05, 4.69) is 0 Å². The van der Waals surface area contributed by atoms with Crippen LogP contribution < -0.4 is 0 Å². The molecule has 2 rings (SSSR count). The van der Waals surface area contributed by atoms with E-state index in [1.807, 2.05) is 0 Å². The van der Waals surface area contributed by atoms with Gasteiger partial charge in [-0.2, -0.15) is 0 Å². The summed E-state index contributed by atoms with van der Waals surface area (Å²) in [7, 11) is -3.23. The fourth-order valence-corrected chi connectivity index (χ4v) is 2.41. The van der Waals surface area contributed by atoms with E-state index in [4.69, 9.17) is 5.11 Å². The Morgan fingerprint density at radius 2 is 1.94 bits per heavy atom. The molecule has 1 heterocycles. The topological polar surface area (TPSA) is 74.7 Å². The van der Waals surface area contributed by atoms with Gasteiger partial charge in [0.15, 0.2) is 9.84 Å². The van der Waals surface area contributed by atoms with Crippen LogP contribution in [-0.4, -0.2) is 30.8 Å². The lowest BCUT2D eigenvalue weighted by molar-refractivity contribution is 0.145. The summed E-state index contributed by atoms with van der Waals surface area (Å²) < 4.78 is 22.6. The molecule has 5 nitrogen and oxygen atoms in total. The maximum absolute atomic E-state index is 11.3. The summed E-state index contributed by atoms with van der Waals surface area (Å²) in [6.07, 6.45) is 0.149. The molecule has 1 N–H and O–H groups in total. The van der Waals surface area contributed by atoms with Crippen molar-refractivity contribution in [3.8, 4) is 0 Å². The Bertz CT molecular complexity index is 550. The van der Waals surface area contributed by atoms with Gasteiger partial charge in [0.2, 0.25) is 0 Å². The molecule has 6 heteroatoms. The second kappa shape index (κ2) is 3.48. The van der Waals surface area contributed by atoms with Crippen molar-refractivity contribution in [1.29, 1.82) is 0 Å². The molecule has 16 heavy (non-hydrogen) atoms. The van der Waals surface area contributed by atoms with E-state index in [9.17, 15) is 13.2 Å². The number of benzene rings is 1. The highest BCUT2D eigenvalue weighted by molar-refractivity contribution is 7.90. The third kappa shape index (κ3) is 1.88. The van der Waals surface area contributed by atoms with Gasteiger partial charge in [-0.25, -0.2) is 13.2 Å². The molecule has 1 aliphatic rings. The van der Waals surface area contributed by atoms with Crippen LogP contribution in [0.3, 0.4) is 0 Å². The lowest BCUT2D eigenvalue weighted by Crippen LogP contribution is -2.22. The quantitative estimate of drug-likeness (QED) is 0.798. The van der Waals surface area contributed by atoms with Crippen molar-refractivity contribution < 1.29 is 18.3 Å². The van der Waals surface area contributed by atoms with Crippen molar-refractivity contribution in [3.05, 3.63) is 29.3 Å². The predicted octanol–water partition coefficient (Wildman–Crippen LogP) is 1.08. The first-order valence-corrected chi connectivity index (χ1v) is 6.57. The molecule has 0 atom stereocenters. The first kappa shape index (κ1) is 10.9. The summed E-state index contributed by atoms with van der Waals surface area (Å²) in [6.45, 7) is 0.586. The van der Waals surface area contributed by atoms with Crippen molar-refractivity contribution >= 4 is 15.9 Å². The predicted molar refractivity (Wildman–Crippen MR) is 56.8 cm³/mol. The minimum Gasteiger partial charge on any atom is -0.465 e. The maximum Gasteiger partial charge on any atom is 0.407 e. The van der Waals surface area contributed by atoms with Gasteiger partial charge in [-0.3, -0.25) is 4.90 Å². The van der Waals surface area contributed by atoms with Gasteiger partial charge in [0, 0.05) is 19.3 Å². The van der Waals surface area contributed by atoms with Gasteiger partial charge >= 0.3 is 6.09 Å². The highest BCUT2D eigenvalue weighted by Gasteiger charge is 2.23. The minimum absolute atomic E-state index is 0.235. The molecule has 0 unspecified atom stereocenters. The highest BCUT2D eigenvalue weighted by atomic mass is 32.2. The summed E-state index contributed by atoms with van der Waals surface area (Å²) in [5.74, 6) is 0. The number of sulfone groups is 1. The monoisotopic (exact) mass is 241 g/mol. The van der Waals surface area contributed by atoms with Gasteiger partial charge in [0.05, 0.1) is 4.90 Å². The molecular formula is C10H11NO4S. The van der Waals surface area contributed by atoms with E-state index in [-0.39, 0.29) is 11.4 Å². The average molecular weight is 241 g/mol. The van der Waals surface area contributed by atoms with Crippen LogP contribution in [0.5, 0.6) is 0 Å². The molecule has 0 aliphatic carbocycles. The standard InChI is InChI=1S/C10H11NO4S/c1-16(14,15)9-3-2-7-5-11(10(12)13)6-8(7)4-9/h2-4H,5-6H2,1H3,(H,12,13). The molecule has 0 fully saturated rings. The Hall–Kier alpha value is -1.56. The molecular weight excluding hydrogens is 230 g/mol. The lowest BCUT2D eigenvalue weighted by atomic mass is 10.1. The van der Waals surface area contributed by atoms with E-state index >= 15 is 0 Å². The molecule has 0 aromatic heterocycles. The Morgan fingerprint density at radius 3 is 2.50 bits per heavy atom. The summed E-state index contributed by atoms with van der Waals surface area (Å²) >= 11 is 0. The van der Waals surface area contributed by atoms with Crippen molar-refractivity contribution in [2.24, 2.45) is 0 Å². The molecule has 0 saturated carbocycles. The van der Waals surface area contributed by atoms with Crippen LogP contribution in [0.15, 0.2) is 23.1 Å². The number of hydrogen-bond donors (Lipinski definition) is 1. The van der Waals surface area contributed by atoms with Crippen molar-refractivity contribution in [2.45, 2.75) is 18.0 Å². The van der Waals surface area contributed by atoms with E-state index in [0.29, 0.717) is 6.54 Å².